The Morgan fingerprint density at radius 2 is 1.77 bits per heavy atom. The second-order valence-corrected chi connectivity index (χ2v) is 5.87. The molecule has 0 atom stereocenters. The van der Waals surface area contributed by atoms with Crippen molar-refractivity contribution in [1.82, 2.24) is 0 Å². The third-order valence-electron chi connectivity index (χ3n) is 3.91. The molecule has 0 spiro atoms. The van der Waals surface area contributed by atoms with Crippen molar-refractivity contribution in [2.45, 2.75) is 13.8 Å². The summed E-state index contributed by atoms with van der Waals surface area (Å²) in [7, 11) is 0. The van der Waals surface area contributed by atoms with Gasteiger partial charge >= 0.3 is 11.6 Å². The summed E-state index contributed by atoms with van der Waals surface area (Å²) < 4.78 is 9.93. The maximum atomic E-state index is 12.2. The molecule has 6 nitrogen and oxygen atoms in total. The zero-order valence-corrected chi connectivity index (χ0v) is 14.4. The quantitative estimate of drug-likeness (QED) is 0.730. The van der Waals surface area contributed by atoms with Crippen LogP contribution in [-0.2, 0) is 9.53 Å². The minimum atomic E-state index is -0.711. The molecule has 1 N–H and O–H groups in total. The van der Waals surface area contributed by atoms with Crippen LogP contribution in [0.1, 0.15) is 21.7 Å². The molecule has 132 valence electrons. The fraction of sp³-hybridized carbons (Fsp3) is 0.150. The minimum absolute atomic E-state index is 0.156. The summed E-state index contributed by atoms with van der Waals surface area (Å²) in [6, 6.07) is 14.5. The fourth-order valence-electron chi connectivity index (χ4n) is 2.73. The maximum Gasteiger partial charge on any atom is 0.342 e. The fourth-order valence-corrected chi connectivity index (χ4v) is 2.73. The lowest BCUT2D eigenvalue weighted by Gasteiger charge is -2.09. The highest BCUT2D eigenvalue weighted by atomic mass is 16.5. The molecule has 0 saturated carbocycles. The van der Waals surface area contributed by atoms with Crippen LogP contribution >= 0.6 is 0 Å². The van der Waals surface area contributed by atoms with Gasteiger partial charge in [-0.2, -0.15) is 0 Å². The zero-order chi connectivity index (χ0) is 18.7. The van der Waals surface area contributed by atoms with Gasteiger partial charge in [-0.15, -0.1) is 0 Å². The van der Waals surface area contributed by atoms with Gasteiger partial charge in [-0.1, -0.05) is 30.3 Å². The van der Waals surface area contributed by atoms with Crippen molar-refractivity contribution in [3.63, 3.8) is 0 Å². The Labute approximate surface area is 149 Å². The van der Waals surface area contributed by atoms with Crippen LogP contribution in [0, 0.1) is 13.8 Å². The number of rotatable bonds is 4. The maximum absolute atomic E-state index is 12.2. The first-order valence-electron chi connectivity index (χ1n) is 8.01. The molecular weight excluding hydrogens is 334 g/mol. The number of ether oxygens (including phenoxy) is 1. The van der Waals surface area contributed by atoms with Gasteiger partial charge in [0, 0.05) is 11.8 Å². The van der Waals surface area contributed by atoms with Gasteiger partial charge in [-0.3, -0.25) is 4.79 Å². The van der Waals surface area contributed by atoms with Gasteiger partial charge in [-0.25, -0.2) is 9.59 Å². The number of anilines is 1. The van der Waals surface area contributed by atoms with Gasteiger partial charge in [0.2, 0.25) is 0 Å². The van der Waals surface area contributed by atoms with E-state index in [1.54, 1.807) is 13.0 Å². The van der Waals surface area contributed by atoms with E-state index in [0.717, 1.165) is 10.8 Å². The Bertz CT molecular complexity index is 1030. The van der Waals surface area contributed by atoms with E-state index in [2.05, 4.69) is 5.32 Å². The van der Waals surface area contributed by atoms with E-state index in [4.69, 9.17) is 9.15 Å². The second-order valence-electron chi connectivity index (χ2n) is 5.87. The number of amides is 1. The monoisotopic (exact) mass is 351 g/mol. The number of benzene rings is 2. The van der Waals surface area contributed by atoms with E-state index in [0.29, 0.717) is 11.3 Å². The number of aryl methyl sites for hydroxylation is 2. The van der Waals surface area contributed by atoms with Crippen LogP contribution in [0.25, 0.3) is 10.8 Å². The molecular formula is C20H17NO5. The van der Waals surface area contributed by atoms with Crippen LogP contribution in [-0.4, -0.2) is 18.5 Å². The molecule has 0 fully saturated rings. The highest BCUT2D eigenvalue weighted by Crippen LogP contribution is 2.19. The first-order chi connectivity index (χ1) is 12.4. The molecule has 6 heteroatoms. The Morgan fingerprint density at radius 1 is 1.04 bits per heavy atom. The van der Waals surface area contributed by atoms with Gasteiger partial charge in [0.25, 0.3) is 5.91 Å². The SMILES string of the molecule is Cc1cc(=O)oc(C)c1C(=O)OCC(=O)Nc1ccc2ccccc2c1. The molecule has 1 heterocycles. The van der Waals surface area contributed by atoms with Crippen molar-refractivity contribution < 1.29 is 18.7 Å². The number of hydrogen-bond acceptors (Lipinski definition) is 5. The van der Waals surface area contributed by atoms with Crippen molar-refractivity contribution in [3.8, 4) is 0 Å². The van der Waals surface area contributed by atoms with Gasteiger partial charge in [-0.05, 0) is 42.3 Å². The molecule has 1 aromatic heterocycles. The lowest BCUT2D eigenvalue weighted by molar-refractivity contribution is -0.119. The van der Waals surface area contributed by atoms with Gasteiger partial charge < -0.3 is 14.5 Å². The summed E-state index contributed by atoms with van der Waals surface area (Å²) in [6.07, 6.45) is 0. The Morgan fingerprint density at radius 3 is 2.50 bits per heavy atom. The van der Waals surface area contributed by atoms with E-state index in [1.807, 2.05) is 36.4 Å². The number of carbonyl (C=O) groups excluding carboxylic acids is 2. The third kappa shape index (κ3) is 3.80. The smallest absolute Gasteiger partial charge is 0.342 e. The van der Waals surface area contributed by atoms with E-state index in [-0.39, 0.29) is 11.3 Å². The van der Waals surface area contributed by atoms with Crippen molar-refractivity contribution in [3.05, 3.63) is 75.8 Å². The van der Waals surface area contributed by atoms with Crippen LogP contribution in [0.4, 0.5) is 5.69 Å². The van der Waals surface area contributed by atoms with Crippen molar-refractivity contribution >= 4 is 28.3 Å². The Hall–Kier alpha value is -3.41. The minimum Gasteiger partial charge on any atom is -0.452 e. The average molecular weight is 351 g/mol. The molecule has 2 aromatic carbocycles. The number of esters is 1. The third-order valence-corrected chi connectivity index (χ3v) is 3.91. The molecule has 0 bridgehead atoms. The van der Waals surface area contributed by atoms with Crippen LogP contribution in [0.2, 0.25) is 0 Å². The summed E-state index contributed by atoms with van der Waals surface area (Å²) in [5, 5.41) is 4.75. The van der Waals surface area contributed by atoms with E-state index >= 15 is 0 Å². The van der Waals surface area contributed by atoms with Gasteiger partial charge in [0.1, 0.15) is 11.3 Å². The normalized spacial score (nSPS) is 10.5. The molecule has 0 aliphatic rings. The van der Waals surface area contributed by atoms with E-state index in [9.17, 15) is 14.4 Å². The molecule has 0 aliphatic carbocycles. The van der Waals surface area contributed by atoms with Crippen LogP contribution in [0.5, 0.6) is 0 Å². The number of nitrogens with one attached hydrogen (secondary N) is 1. The molecule has 3 rings (SSSR count). The Kier molecular flexibility index (Phi) is 4.84. The number of hydrogen-bond donors (Lipinski definition) is 1. The zero-order valence-electron chi connectivity index (χ0n) is 14.4. The van der Waals surface area contributed by atoms with Gasteiger partial charge in [0.05, 0.1) is 0 Å². The van der Waals surface area contributed by atoms with E-state index < -0.39 is 24.1 Å². The first kappa shape index (κ1) is 17.4. The lowest BCUT2D eigenvalue weighted by atomic mass is 10.1. The van der Waals surface area contributed by atoms with Crippen LogP contribution in [0.3, 0.4) is 0 Å². The van der Waals surface area contributed by atoms with Crippen LogP contribution < -0.4 is 10.9 Å². The largest absolute Gasteiger partial charge is 0.452 e. The van der Waals surface area contributed by atoms with Crippen LogP contribution in [0.15, 0.2) is 57.7 Å². The highest BCUT2D eigenvalue weighted by molar-refractivity contribution is 5.97. The highest BCUT2D eigenvalue weighted by Gasteiger charge is 2.18. The summed E-state index contributed by atoms with van der Waals surface area (Å²) in [5.41, 5.74) is 0.676. The predicted molar refractivity (Wildman–Crippen MR) is 97.3 cm³/mol. The first-order valence-corrected chi connectivity index (χ1v) is 8.01. The molecule has 0 aliphatic heterocycles. The topological polar surface area (TPSA) is 85.6 Å². The average Bonchev–Trinajstić information content (AvgIpc) is 2.59. The summed E-state index contributed by atoms with van der Waals surface area (Å²) >= 11 is 0. The van der Waals surface area contributed by atoms with E-state index in [1.165, 1.54) is 13.0 Å². The lowest BCUT2D eigenvalue weighted by Crippen LogP contribution is -2.22. The summed E-state index contributed by atoms with van der Waals surface area (Å²) in [5.74, 6) is -1.01. The van der Waals surface area contributed by atoms with Gasteiger partial charge in [0.15, 0.2) is 6.61 Å². The molecule has 3 aromatic rings. The predicted octanol–water partition coefficient (Wildman–Crippen LogP) is 3.21. The Balaban J connectivity index is 1.65. The van der Waals surface area contributed by atoms with Crippen molar-refractivity contribution in [2.24, 2.45) is 0 Å². The standard InChI is InChI=1S/C20H17NO5/c1-12-9-18(23)26-13(2)19(12)20(24)25-11-17(22)21-16-8-7-14-5-3-4-6-15(14)10-16/h3-10H,11H2,1-2H3,(H,21,22). The summed E-state index contributed by atoms with van der Waals surface area (Å²) in [6.45, 7) is 2.67. The molecule has 0 unspecified atom stereocenters. The molecule has 0 radical (unpaired) electrons. The second kappa shape index (κ2) is 7.23. The number of carbonyl (C=O) groups is 2. The molecule has 0 saturated heterocycles. The van der Waals surface area contributed by atoms with Crippen molar-refractivity contribution in [1.29, 1.82) is 0 Å². The summed E-state index contributed by atoms with van der Waals surface area (Å²) in [4.78, 5) is 35.5. The van der Waals surface area contributed by atoms with Crippen molar-refractivity contribution in [2.75, 3.05) is 11.9 Å². The molecule has 1 amide bonds. The molecule has 26 heavy (non-hydrogen) atoms. The number of fused-ring (bicyclic) bond motifs is 1.